The van der Waals surface area contributed by atoms with Crippen LogP contribution in [0.5, 0.6) is 0 Å². The van der Waals surface area contributed by atoms with E-state index in [9.17, 15) is 4.79 Å². The van der Waals surface area contributed by atoms with Crippen molar-refractivity contribution in [3.05, 3.63) is 35.9 Å². The lowest BCUT2D eigenvalue weighted by Crippen LogP contribution is -2.45. The number of nitrogens with zero attached hydrogens (tertiary/aromatic N) is 2. The molecular formula is C18H30N4O. The van der Waals surface area contributed by atoms with Crippen LogP contribution in [0.4, 0.5) is 0 Å². The van der Waals surface area contributed by atoms with Gasteiger partial charge in [-0.15, -0.1) is 0 Å². The molecular weight excluding hydrogens is 288 g/mol. The van der Waals surface area contributed by atoms with E-state index in [2.05, 4.69) is 60.7 Å². The van der Waals surface area contributed by atoms with Crippen molar-refractivity contribution >= 4 is 11.9 Å². The number of carbonyl (C=O) groups is 1. The van der Waals surface area contributed by atoms with Gasteiger partial charge in [-0.1, -0.05) is 44.2 Å². The number of rotatable bonds is 7. The van der Waals surface area contributed by atoms with E-state index in [1.165, 1.54) is 5.56 Å². The fourth-order valence-corrected chi connectivity index (χ4v) is 2.07. The summed E-state index contributed by atoms with van der Waals surface area (Å²) in [4.78, 5) is 17.7. The zero-order chi connectivity index (χ0) is 17.2. The molecule has 23 heavy (non-hydrogen) atoms. The molecule has 0 fully saturated rings. The second kappa shape index (κ2) is 9.87. The Hall–Kier alpha value is -2.04. The van der Waals surface area contributed by atoms with Crippen molar-refractivity contribution in [1.29, 1.82) is 0 Å². The molecule has 1 aromatic carbocycles. The first-order valence-corrected chi connectivity index (χ1v) is 8.25. The summed E-state index contributed by atoms with van der Waals surface area (Å²) >= 11 is 0. The predicted octanol–water partition coefficient (Wildman–Crippen LogP) is 2.21. The number of hydrogen-bond donors (Lipinski definition) is 2. The smallest absolute Gasteiger partial charge is 0.243 e. The predicted molar refractivity (Wildman–Crippen MR) is 96.7 cm³/mol. The Labute approximate surface area is 140 Å². The molecule has 0 heterocycles. The van der Waals surface area contributed by atoms with E-state index in [1.54, 1.807) is 19.0 Å². The Morgan fingerprint density at radius 3 is 2.43 bits per heavy atom. The first-order valence-electron chi connectivity index (χ1n) is 8.25. The highest BCUT2D eigenvalue weighted by Crippen LogP contribution is 2.18. The lowest BCUT2D eigenvalue weighted by Gasteiger charge is -2.24. The van der Waals surface area contributed by atoms with Gasteiger partial charge in [0.05, 0.1) is 0 Å². The number of likely N-dealkylation sites (N-methyl/N-ethyl adjacent to an activating group) is 1. The van der Waals surface area contributed by atoms with Crippen molar-refractivity contribution in [2.75, 3.05) is 27.2 Å². The van der Waals surface area contributed by atoms with Gasteiger partial charge in [0.25, 0.3) is 0 Å². The second-order valence-electron chi connectivity index (χ2n) is 6.01. The topological polar surface area (TPSA) is 56.7 Å². The third-order valence-electron chi connectivity index (χ3n) is 3.85. The van der Waals surface area contributed by atoms with E-state index in [0.717, 1.165) is 13.0 Å². The number of carbonyl (C=O) groups excluding carboxylic acids is 1. The van der Waals surface area contributed by atoms with Crippen molar-refractivity contribution in [3.63, 3.8) is 0 Å². The molecule has 0 saturated heterocycles. The summed E-state index contributed by atoms with van der Waals surface area (Å²) in [6.07, 6.45) is 1.00. The van der Waals surface area contributed by atoms with Gasteiger partial charge in [-0.2, -0.15) is 0 Å². The molecule has 0 radical (unpaired) electrons. The third kappa shape index (κ3) is 6.72. The van der Waals surface area contributed by atoms with Crippen molar-refractivity contribution in [1.82, 2.24) is 15.5 Å². The maximum atomic E-state index is 11.7. The molecule has 2 unspecified atom stereocenters. The number of nitrogens with one attached hydrogen (secondary N) is 2. The van der Waals surface area contributed by atoms with Crippen LogP contribution in [0, 0.1) is 0 Å². The summed E-state index contributed by atoms with van der Waals surface area (Å²) in [5, 5.41) is 6.68. The Morgan fingerprint density at radius 1 is 1.22 bits per heavy atom. The molecule has 1 rings (SSSR count). The summed E-state index contributed by atoms with van der Waals surface area (Å²) in [6, 6.07) is 10.6. The summed E-state index contributed by atoms with van der Waals surface area (Å²) < 4.78 is 0. The van der Waals surface area contributed by atoms with Gasteiger partial charge >= 0.3 is 0 Å². The van der Waals surface area contributed by atoms with Crippen LogP contribution < -0.4 is 10.6 Å². The minimum absolute atomic E-state index is 0.00800. The maximum Gasteiger partial charge on any atom is 0.243 e. The Balaban J connectivity index is 2.71. The highest BCUT2D eigenvalue weighted by atomic mass is 16.2. The second-order valence-corrected chi connectivity index (χ2v) is 6.01. The van der Waals surface area contributed by atoms with Crippen LogP contribution in [-0.4, -0.2) is 50.0 Å². The normalized spacial score (nSPS) is 14.0. The first-order chi connectivity index (χ1) is 11.0. The first kappa shape index (κ1) is 19.0. The minimum atomic E-state index is -0.00800. The number of guanidine groups is 1. The van der Waals surface area contributed by atoms with Crippen LogP contribution in [-0.2, 0) is 4.79 Å². The lowest BCUT2D eigenvalue weighted by atomic mass is 9.94. The number of hydrogen-bond acceptors (Lipinski definition) is 2. The molecule has 1 aromatic rings. The zero-order valence-electron chi connectivity index (χ0n) is 15.0. The third-order valence-corrected chi connectivity index (χ3v) is 3.85. The molecule has 5 nitrogen and oxygen atoms in total. The van der Waals surface area contributed by atoms with Gasteiger partial charge in [0.15, 0.2) is 5.96 Å². The molecule has 5 heteroatoms. The molecule has 0 spiro atoms. The van der Waals surface area contributed by atoms with Crippen molar-refractivity contribution in [2.45, 2.75) is 39.2 Å². The summed E-state index contributed by atoms with van der Waals surface area (Å²) in [5.41, 5.74) is 1.28. The number of amides is 1. The molecule has 0 saturated carbocycles. The van der Waals surface area contributed by atoms with Gasteiger partial charge < -0.3 is 15.5 Å². The van der Waals surface area contributed by atoms with E-state index in [-0.39, 0.29) is 18.5 Å². The quantitative estimate of drug-likeness (QED) is 0.599. The average molecular weight is 318 g/mol. The van der Waals surface area contributed by atoms with Gasteiger partial charge in [-0.3, -0.25) is 4.79 Å². The molecule has 0 aliphatic carbocycles. The molecule has 0 aromatic heterocycles. The van der Waals surface area contributed by atoms with E-state index in [0.29, 0.717) is 11.9 Å². The fourth-order valence-electron chi connectivity index (χ4n) is 2.07. The standard InChI is InChI=1S/C18H30N4O/c1-6-12-19-18(20-13-17(23)22(4)5)21-15(3)14(2)16-10-8-7-9-11-16/h7-11,14-15H,6,12-13H2,1-5H3,(H2,19,20,21). The van der Waals surface area contributed by atoms with Gasteiger partial charge in [-0.25, -0.2) is 4.99 Å². The maximum absolute atomic E-state index is 11.7. The van der Waals surface area contributed by atoms with Crippen LogP contribution >= 0.6 is 0 Å². The number of aliphatic imine (C=N–C) groups is 1. The Kier molecular flexibility index (Phi) is 8.16. The average Bonchev–Trinajstić information content (AvgIpc) is 2.56. The Bertz CT molecular complexity index is 499. The fraction of sp³-hybridized carbons (Fsp3) is 0.556. The summed E-state index contributed by atoms with van der Waals surface area (Å²) in [6.45, 7) is 7.41. The highest BCUT2D eigenvalue weighted by molar-refractivity contribution is 5.84. The molecule has 0 aliphatic heterocycles. The van der Waals surface area contributed by atoms with Crippen LogP contribution in [0.2, 0.25) is 0 Å². The van der Waals surface area contributed by atoms with Gasteiger partial charge in [0.1, 0.15) is 6.54 Å². The number of benzene rings is 1. The SMILES string of the molecule is CCCNC(=NCC(=O)N(C)C)NC(C)C(C)c1ccccc1. The van der Waals surface area contributed by atoms with Gasteiger partial charge in [0.2, 0.25) is 5.91 Å². The highest BCUT2D eigenvalue weighted by Gasteiger charge is 2.15. The lowest BCUT2D eigenvalue weighted by molar-refractivity contribution is -0.127. The molecule has 2 N–H and O–H groups in total. The largest absolute Gasteiger partial charge is 0.356 e. The van der Waals surface area contributed by atoms with E-state index in [4.69, 9.17) is 0 Å². The van der Waals surface area contributed by atoms with E-state index >= 15 is 0 Å². The molecule has 128 valence electrons. The zero-order valence-corrected chi connectivity index (χ0v) is 15.0. The van der Waals surface area contributed by atoms with Crippen LogP contribution in [0.1, 0.15) is 38.7 Å². The van der Waals surface area contributed by atoms with Crippen molar-refractivity contribution < 1.29 is 4.79 Å². The van der Waals surface area contributed by atoms with Gasteiger partial charge in [-0.05, 0) is 18.9 Å². The van der Waals surface area contributed by atoms with Crippen molar-refractivity contribution in [2.24, 2.45) is 4.99 Å². The monoisotopic (exact) mass is 318 g/mol. The molecule has 1 amide bonds. The minimum Gasteiger partial charge on any atom is -0.356 e. The van der Waals surface area contributed by atoms with Crippen LogP contribution in [0.3, 0.4) is 0 Å². The molecule has 2 atom stereocenters. The summed E-state index contributed by atoms with van der Waals surface area (Å²) in [5.74, 6) is 1.03. The molecule has 0 aliphatic rings. The van der Waals surface area contributed by atoms with Crippen molar-refractivity contribution in [3.8, 4) is 0 Å². The van der Waals surface area contributed by atoms with E-state index in [1.807, 2.05) is 6.07 Å². The van der Waals surface area contributed by atoms with Crippen LogP contribution in [0.25, 0.3) is 0 Å². The Morgan fingerprint density at radius 2 is 1.87 bits per heavy atom. The van der Waals surface area contributed by atoms with Gasteiger partial charge in [0, 0.05) is 32.6 Å². The summed E-state index contributed by atoms with van der Waals surface area (Å²) in [7, 11) is 3.48. The van der Waals surface area contributed by atoms with Crippen LogP contribution in [0.15, 0.2) is 35.3 Å². The molecule has 0 bridgehead atoms. The van der Waals surface area contributed by atoms with E-state index < -0.39 is 0 Å².